The number of amides is 1. The zero-order valence-corrected chi connectivity index (χ0v) is 15.8. The first kappa shape index (κ1) is 18.0. The summed E-state index contributed by atoms with van der Waals surface area (Å²) < 4.78 is 2.31. The van der Waals surface area contributed by atoms with Crippen molar-refractivity contribution < 1.29 is 4.79 Å². The summed E-state index contributed by atoms with van der Waals surface area (Å²) in [6.45, 7) is 9.64. The van der Waals surface area contributed by atoms with Gasteiger partial charge in [0.2, 0.25) is 5.91 Å². The molecular formula is C21H31N3O. The van der Waals surface area contributed by atoms with Gasteiger partial charge in [0.25, 0.3) is 0 Å². The van der Waals surface area contributed by atoms with Gasteiger partial charge in [0.1, 0.15) is 0 Å². The molecule has 4 heteroatoms. The molecule has 1 aliphatic heterocycles. The predicted octanol–water partition coefficient (Wildman–Crippen LogP) is 3.76. The number of rotatable bonds is 7. The Morgan fingerprint density at radius 2 is 2.12 bits per heavy atom. The van der Waals surface area contributed by atoms with Crippen LogP contribution < -0.4 is 5.32 Å². The molecule has 0 unspecified atom stereocenters. The molecule has 1 atom stereocenters. The second-order valence-electron chi connectivity index (χ2n) is 7.40. The summed E-state index contributed by atoms with van der Waals surface area (Å²) in [6.07, 6.45) is 6.04. The molecular weight excluding hydrogens is 310 g/mol. The van der Waals surface area contributed by atoms with Crippen molar-refractivity contribution in [3.8, 4) is 0 Å². The molecule has 0 spiro atoms. The van der Waals surface area contributed by atoms with E-state index < -0.39 is 0 Å². The third-order valence-corrected chi connectivity index (χ3v) is 5.44. The molecule has 1 aromatic carbocycles. The van der Waals surface area contributed by atoms with Gasteiger partial charge in [0.15, 0.2) is 0 Å². The maximum atomic E-state index is 12.3. The molecule has 0 aliphatic carbocycles. The van der Waals surface area contributed by atoms with Crippen molar-refractivity contribution in [3.05, 3.63) is 36.0 Å². The number of carbonyl (C=O) groups excluding carboxylic acids is 1. The van der Waals surface area contributed by atoms with Crippen LogP contribution in [0.15, 0.2) is 30.5 Å². The van der Waals surface area contributed by atoms with E-state index in [0.717, 1.165) is 19.5 Å². The second-order valence-corrected chi connectivity index (χ2v) is 7.40. The van der Waals surface area contributed by atoms with Gasteiger partial charge in [-0.2, -0.15) is 0 Å². The van der Waals surface area contributed by atoms with Gasteiger partial charge in [-0.25, -0.2) is 0 Å². The van der Waals surface area contributed by atoms with Crippen LogP contribution in [0.3, 0.4) is 0 Å². The second kappa shape index (κ2) is 8.05. The number of para-hydroxylation sites is 1. The van der Waals surface area contributed by atoms with Gasteiger partial charge in [-0.15, -0.1) is 0 Å². The van der Waals surface area contributed by atoms with E-state index in [9.17, 15) is 4.79 Å². The van der Waals surface area contributed by atoms with Crippen LogP contribution in [-0.2, 0) is 11.2 Å². The standard InChI is InChI=1S/C21H31N3O/c1-4-23-13-7-8-18(23)14-22-21(25)12-11-17-15-24(16(2)3)20-10-6-5-9-19(17)20/h5-6,9-10,15-16,18H,4,7-8,11-14H2,1-3H3,(H,22,25)/t18-/m0/s1. The molecule has 3 rings (SSSR count). The number of likely N-dealkylation sites (tertiary alicyclic amines) is 1. The van der Waals surface area contributed by atoms with Crippen molar-refractivity contribution in [2.45, 2.75) is 58.5 Å². The highest BCUT2D eigenvalue weighted by atomic mass is 16.1. The van der Waals surface area contributed by atoms with Gasteiger partial charge in [-0.05, 0) is 57.8 Å². The molecule has 1 N–H and O–H groups in total. The van der Waals surface area contributed by atoms with Gasteiger partial charge in [-0.1, -0.05) is 25.1 Å². The quantitative estimate of drug-likeness (QED) is 0.833. The maximum absolute atomic E-state index is 12.3. The molecule has 1 saturated heterocycles. The van der Waals surface area contributed by atoms with Crippen LogP contribution in [0.25, 0.3) is 10.9 Å². The summed E-state index contributed by atoms with van der Waals surface area (Å²) in [5, 5.41) is 4.42. The fraction of sp³-hybridized carbons (Fsp3) is 0.571. The summed E-state index contributed by atoms with van der Waals surface area (Å²) in [7, 11) is 0. The molecule has 25 heavy (non-hydrogen) atoms. The van der Waals surface area contributed by atoms with Gasteiger partial charge in [0, 0.05) is 42.1 Å². The van der Waals surface area contributed by atoms with Crippen LogP contribution in [0.1, 0.15) is 51.6 Å². The lowest BCUT2D eigenvalue weighted by molar-refractivity contribution is -0.121. The minimum Gasteiger partial charge on any atom is -0.355 e. The van der Waals surface area contributed by atoms with Crippen LogP contribution in [0.4, 0.5) is 0 Å². The average Bonchev–Trinajstić information content (AvgIpc) is 3.22. The Morgan fingerprint density at radius 1 is 1.32 bits per heavy atom. The molecule has 0 saturated carbocycles. The molecule has 1 fully saturated rings. The van der Waals surface area contributed by atoms with E-state index in [4.69, 9.17) is 0 Å². The summed E-state index contributed by atoms with van der Waals surface area (Å²) in [6, 6.07) is 9.44. The average molecular weight is 341 g/mol. The van der Waals surface area contributed by atoms with Crippen LogP contribution in [-0.4, -0.2) is 41.1 Å². The molecule has 4 nitrogen and oxygen atoms in total. The Kier molecular flexibility index (Phi) is 5.79. The fourth-order valence-corrected chi connectivity index (χ4v) is 4.01. The van der Waals surface area contributed by atoms with Gasteiger partial charge in [0.05, 0.1) is 0 Å². The van der Waals surface area contributed by atoms with Gasteiger partial charge >= 0.3 is 0 Å². The van der Waals surface area contributed by atoms with Crippen LogP contribution >= 0.6 is 0 Å². The number of aromatic nitrogens is 1. The highest BCUT2D eigenvalue weighted by molar-refractivity contribution is 5.85. The first-order valence-corrected chi connectivity index (χ1v) is 9.69. The lowest BCUT2D eigenvalue weighted by Crippen LogP contribution is -2.40. The smallest absolute Gasteiger partial charge is 0.220 e. The monoisotopic (exact) mass is 341 g/mol. The maximum Gasteiger partial charge on any atom is 0.220 e. The van der Waals surface area contributed by atoms with E-state index in [1.54, 1.807) is 0 Å². The highest BCUT2D eigenvalue weighted by Gasteiger charge is 2.23. The van der Waals surface area contributed by atoms with E-state index in [-0.39, 0.29) is 5.91 Å². The Labute approximate surface area is 151 Å². The molecule has 1 aromatic heterocycles. The van der Waals surface area contributed by atoms with Crippen molar-refractivity contribution in [3.63, 3.8) is 0 Å². The number of hydrogen-bond acceptors (Lipinski definition) is 2. The van der Waals surface area contributed by atoms with Crippen molar-refractivity contribution in [1.82, 2.24) is 14.8 Å². The normalized spacial score (nSPS) is 18.3. The number of likely N-dealkylation sites (N-methyl/N-ethyl adjacent to an activating group) is 1. The summed E-state index contributed by atoms with van der Waals surface area (Å²) >= 11 is 0. The first-order valence-electron chi connectivity index (χ1n) is 9.69. The molecule has 2 heterocycles. The van der Waals surface area contributed by atoms with Gasteiger partial charge in [-0.3, -0.25) is 9.69 Å². The molecule has 2 aromatic rings. The number of hydrogen-bond donors (Lipinski definition) is 1. The lowest BCUT2D eigenvalue weighted by Gasteiger charge is -2.22. The van der Waals surface area contributed by atoms with E-state index >= 15 is 0 Å². The Bertz CT molecular complexity index is 719. The zero-order chi connectivity index (χ0) is 17.8. The molecule has 0 bridgehead atoms. The van der Waals surface area contributed by atoms with Crippen molar-refractivity contribution in [2.75, 3.05) is 19.6 Å². The number of carbonyl (C=O) groups is 1. The first-order chi connectivity index (χ1) is 12.1. The highest BCUT2D eigenvalue weighted by Crippen LogP contribution is 2.25. The third kappa shape index (κ3) is 4.06. The van der Waals surface area contributed by atoms with Crippen LogP contribution in [0.2, 0.25) is 0 Å². The van der Waals surface area contributed by atoms with Crippen LogP contribution in [0, 0.1) is 0 Å². The largest absolute Gasteiger partial charge is 0.355 e. The van der Waals surface area contributed by atoms with Crippen molar-refractivity contribution >= 4 is 16.8 Å². The molecule has 0 radical (unpaired) electrons. The molecule has 1 aliphatic rings. The predicted molar refractivity (Wildman–Crippen MR) is 104 cm³/mol. The van der Waals surface area contributed by atoms with Crippen molar-refractivity contribution in [2.24, 2.45) is 0 Å². The Morgan fingerprint density at radius 3 is 2.88 bits per heavy atom. The SMILES string of the molecule is CCN1CCC[C@H]1CNC(=O)CCc1cn(C(C)C)c2ccccc12. The minimum absolute atomic E-state index is 0.171. The Balaban J connectivity index is 1.58. The number of nitrogens with zero attached hydrogens (tertiary/aromatic N) is 2. The number of fused-ring (bicyclic) bond motifs is 1. The number of aryl methyl sites for hydroxylation is 1. The van der Waals surface area contributed by atoms with Gasteiger partial charge < -0.3 is 9.88 Å². The van der Waals surface area contributed by atoms with Crippen LogP contribution in [0.5, 0.6) is 0 Å². The van der Waals surface area contributed by atoms with E-state index in [1.807, 2.05) is 0 Å². The summed E-state index contributed by atoms with van der Waals surface area (Å²) in [5.41, 5.74) is 2.54. The Hall–Kier alpha value is -1.81. The fourth-order valence-electron chi connectivity index (χ4n) is 4.01. The number of nitrogens with one attached hydrogen (secondary N) is 1. The van der Waals surface area contributed by atoms with E-state index in [1.165, 1.54) is 35.9 Å². The topological polar surface area (TPSA) is 37.3 Å². The van der Waals surface area contributed by atoms with E-state index in [2.05, 4.69) is 66.0 Å². The number of benzene rings is 1. The summed E-state index contributed by atoms with van der Waals surface area (Å²) in [4.78, 5) is 14.8. The van der Waals surface area contributed by atoms with E-state index in [0.29, 0.717) is 18.5 Å². The minimum atomic E-state index is 0.171. The third-order valence-electron chi connectivity index (χ3n) is 5.44. The molecule has 136 valence electrons. The lowest BCUT2D eigenvalue weighted by atomic mass is 10.1. The van der Waals surface area contributed by atoms with Crippen molar-refractivity contribution in [1.29, 1.82) is 0 Å². The molecule has 1 amide bonds. The zero-order valence-electron chi connectivity index (χ0n) is 15.8. The summed E-state index contributed by atoms with van der Waals surface area (Å²) in [5.74, 6) is 0.171.